The van der Waals surface area contributed by atoms with Gasteiger partial charge in [0, 0.05) is 43.0 Å². The predicted molar refractivity (Wildman–Crippen MR) is 130 cm³/mol. The van der Waals surface area contributed by atoms with Crippen molar-refractivity contribution in [1.82, 2.24) is 20.7 Å². The molecule has 4 aliphatic rings. The van der Waals surface area contributed by atoms with Crippen LogP contribution in [0.1, 0.15) is 61.9 Å². The van der Waals surface area contributed by atoms with Crippen LogP contribution in [0.4, 0.5) is 5.69 Å². The molecule has 1 saturated carbocycles. The highest BCUT2D eigenvalue weighted by atomic mass is 16.2. The highest BCUT2D eigenvalue weighted by Gasteiger charge is 2.51. The van der Waals surface area contributed by atoms with E-state index in [1.165, 1.54) is 0 Å². The molecule has 1 aromatic carbocycles. The van der Waals surface area contributed by atoms with Crippen molar-refractivity contribution in [2.75, 3.05) is 25.0 Å². The fourth-order valence-corrected chi connectivity index (χ4v) is 6.00. The number of aryl methyl sites for hydroxylation is 1. The average molecular weight is 465 g/mol. The molecule has 3 aliphatic heterocycles. The van der Waals surface area contributed by atoms with Gasteiger partial charge in [0.15, 0.2) is 0 Å². The molecule has 182 valence electrons. The molecule has 0 spiro atoms. The quantitative estimate of drug-likeness (QED) is 0.598. The van der Waals surface area contributed by atoms with Crippen LogP contribution in [0.3, 0.4) is 0 Å². The Morgan fingerprint density at radius 1 is 1.32 bits per heavy atom. The SMILES string of the molecule is Cc1cc(NC2NN([C@@H](CC#N)C3CC3)C3CCNC(=O)C23)ccc1C(=O)N1CCC(C)(C)C1. The van der Waals surface area contributed by atoms with Gasteiger partial charge < -0.3 is 15.5 Å². The second-order valence-electron chi connectivity index (χ2n) is 11.3. The van der Waals surface area contributed by atoms with E-state index in [9.17, 15) is 14.9 Å². The van der Waals surface area contributed by atoms with E-state index < -0.39 is 0 Å². The van der Waals surface area contributed by atoms with Gasteiger partial charge in [-0.2, -0.15) is 5.26 Å². The number of carbonyl (C=O) groups is 2. The second kappa shape index (κ2) is 8.86. The number of amides is 2. The number of nitrogens with one attached hydrogen (secondary N) is 3. The van der Waals surface area contributed by atoms with Crippen molar-refractivity contribution in [3.8, 4) is 6.07 Å². The zero-order chi connectivity index (χ0) is 24.0. The maximum atomic E-state index is 13.1. The summed E-state index contributed by atoms with van der Waals surface area (Å²) in [5.41, 5.74) is 6.29. The second-order valence-corrected chi connectivity index (χ2v) is 11.3. The molecule has 4 fully saturated rings. The minimum Gasteiger partial charge on any atom is -0.368 e. The number of anilines is 1. The van der Waals surface area contributed by atoms with Gasteiger partial charge >= 0.3 is 0 Å². The molecule has 3 N–H and O–H groups in total. The molecule has 0 bridgehead atoms. The van der Waals surface area contributed by atoms with Crippen LogP contribution in [-0.2, 0) is 4.79 Å². The number of nitrogens with zero attached hydrogens (tertiary/aromatic N) is 3. The van der Waals surface area contributed by atoms with Crippen molar-refractivity contribution in [3.05, 3.63) is 29.3 Å². The maximum Gasteiger partial charge on any atom is 0.254 e. The summed E-state index contributed by atoms with van der Waals surface area (Å²) < 4.78 is 0. The molecule has 4 atom stereocenters. The van der Waals surface area contributed by atoms with Crippen molar-refractivity contribution >= 4 is 17.5 Å². The Labute approximate surface area is 202 Å². The summed E-state index contributed by atoms with van der Waals surface area (Å²) in [5.74, 6) is 0.437. The summed E-state index contributed by atoms with van der Waals surface area (Å²) in [7, 11) is 0. The van der Waals surface area contributed by atoms with Gasteiger partial charge in [-0.05, 0) is 67.7 Å². The highest BCUT2D eigenvalue weighted by molar-refractivity contribution is 5.96. The number of carbonyl (C=O) groups excluding carboxylic acids is 2. The Morgan fingerprint density at radius 3 is 2.76 bits per heavy atom. The summed E-state index contributed by atoms with van der Waals surface area (Å²) in [5, 5.41) is 18.2. The Kier molecular flexibility index (Phi) is 6.03. The summed E-state index contributed by atoms with van der Waals surface area (Å²) >= 11 is 0. The molecule has 3 heterocycles. The molecule has 0 aromatic heterocycles. The summed E-state index contributed by atoms with van der Waals surface area (Å²) in [6.07, 6.45) is 4.41. The van der Waals surface area contributed by atoms with Gasteiger partial charge in [0.1, 0.15) is 6.17 Å². The van der Waals surface area contributed by atoms with Gasteiger partial charge in [0.05, 0.1) is 18.4 Å². The van der Waals surface area contributed by atoms with E-state index in [-0.39, 0.29) is 41.4 Å². The van der Waals surface area contributed by atoms with Crippen LogP contribution in [0.2, 0.25) is 0 Å². The maximum absolute atomic E-state index is 13.1. The third kappa shape index (κ3) is 4.39. The molecular weight excluding hydrogens is 428 g/mol. The molecule has 3 unspecified atom stereocenters. The van der Waals surface area contributed by atoms with Gasteiger partial charge in [-0.15, -0.1) is 0 Å². The van der Waals surface area contributed by atoms with Crippen LogP contribution in [0, 0.1) is 35.5 Å². The van der Waals surface area contributed by atoms with Crippen molar-refractivity contribution in [3.63, 3.8) is 0 Å². The van der Waals surface area contributed by atoms with Crippen LogP contribution >= 0.6 is 0 Å². The molecular formula is C26H36N6O2. The average Bonchev–Trinajstić information content (AvgIpc) is 3.47. The van der Waals surface area contributed by atoms with Crippen LogP contribution in [0.5, 0.6) is 0 Å². The molecule has 5 rings (SSSR count). The number of benzene rings is 1. The van der Waals surface area contributed by atoms with Gasteiger partial charge in [-0.1, -0.05) is 13.8 Å². The topological polar surface area (TPSA) is 100 Å². The first-order valence-electron chi connectivity index (χ1n) is 12.6. The minimum absolute atomic E-state index is 0.0513. The number of hydrogen-bond donors (Lipinski definition) is 3. The third-order valence-electron chi connectivity index (χ3n) is 8.03. The van der Waals surface area contributed by atoms with E-state index >= 15 is 0 Å². The molecule has 8 nitrogen and oxygen atoms in total. The summed E-state index contributed by atoms with van der Waals surface area (Å²) in [6, 6.07) is 8.41. The number of likely N-dealkylation sites (tertiary alicyclic amines) is 1. The zero-order valence-corrected chi connectivity index (χ0v) is 20.4. The number of rotatable bonds is 6. The number of piperidine rings is 1. The standard InChI is InChI=1S/C26H36N6O2/c1-16-14-18(6-7-19(16)25(34)31-13-10-26(2,3)15-31)29-23-22-21(9-12-28-24(22)33)32(30-23)20(8-11-27)17-4-5-17/h6-7,14,17,20-23,29-30H,4-5,8-10,12-13,15H2,1-3H3,(H,28,33)/t20-,21?,22?,23?/m0/s1. The Bertz CT molecular complexity index is 1010. The first-order chi connectivity index (χ1) is 16.3. The first-order valence-corrected chi connectivity index (χ1v) is 12.6. The normalized spacial score (nSPS) is 29.3. The fourth-order valence-electron chi connectivity index (χ4n) is 6.00. The molecule has 1 aromatic rings. The van der Waals surface area contributed by atoms with E-state index in [0.29, 0.717) is 18.9 Å². The highest BCUT2D eigenvalue weighted by Crippen LogP contribution is 2.41. The molecule has 3 saturated heterocycles. The third-order valence-corrected chi connectivity index (χ3v) is 8.03. The monoisotopic (exact) mass is 464 g/mol. The lowest BCUT2D eigenvalue weighted by Gasteiger charge is -2.34. The van der Waals surface area contributed by atoms with Gasteiger partial charge in [0.25, 0.3) is 5.91 Å². The van der Waals surface area contributed by atoms with Crippen molar-refractivity contribution in [2.45, 2.75) is 71.1 Å². The van der Waals surface area contributed by atoms with E-state index in [1.807, 2.05) is 30.0 Å². The molecule has 8 heteroatoms. The number of hydrazine groups is 1. The minimum atomic E-state index is -0.259. The summed E-state index contributed by atoms with van der Waals surface area (Å²) in [6.45, 7) is 8.64. The molecule has 0 radical (unpaired) electrons. The largest absolute Gasteiger partial charge is 0.368 e. The van der Waals surface area contributed by atoms with E-state index in [4.69, 9.17) is 0 Å². The molecule has 2 amide bonds. The lowest BCUT2D eigenvalue weighted by molar-refractivity contribution is -0.128. The summed E-state index contributed by atoms with van der Waals surface area (Å²) in [4.78, 5) is 27.9. The van der Waals surface area contributed by atoms with Gasteiger partial charge in [-0.25, -0.2) is 10.4 Å². The smallest absolute Gasteiger partial charge is 0.254 e. The van der Waals surface area contributed by atoms with Gasteiger partial charge in [0.2, 0.25) is 5.91 Å². The number of nitriles is 1. The Morgan fingerprint density at radius 2 is 2.12 bits per heavy atom. The van der Waals surface area contributed by atoms with E-state index in [2.05, 4.69) is 41.0 Å². The van der Waals surface area contributed by atoms with Crippen LogP contribution < -0.4 is 16.1 Å². The van der Waals surface area contributed by atoms with Crippen molar-refractivity contribution in [2.24, 2.45) is 17.3 Å². The molecule has 34 heavy (non-hydrogen) atoms. The first kappa shape index (κ1) is 23.1. The van der Waals surface area contributed by atoms with Gasteiger partial charge in [-0.3, -0.25) is 9.59 Å². The number of hydrogen-bond acceptors (Lipinski definition) is 6. The number of fused-ring (bicyclic) bond motifs is 1. The zero-order valence-electron chi connectivity index (χ0n) is 20.4. The Hall–Kier alpha value is -2.63. The Balaban J connectivity index is 1.33. The van der Waals surface area contributed by atoms with Crippen molar-refractivity contribution in [1.29, 1.82) is 5.26 Å². The fraction of sp³-hybridized carbons (Fsp3) is 0.654. The lowest BCUT2D eigenvalue weighted by Crippen LogP contribution is -2.52. The van der Waals surface area contributed by atoms with Crippen LogP contribution in [0.15, 0.2) is 18.2 Å². The van der Waals surface area contributed by atoms with Crippen LogP contribution in [0.25, 0.3) is 0 Å². The molecule has 1 aliphatic carbocycles. The van der Waals surface area contributed by atoms with Crippen molar-refractivity contribution < 1.29 is 9.59 Å². The van der Waals surface area contributed by atoms with Crippen LogP contribution in [-0.4, -0.2) is 59.6 Å². The van der Waals surface area contributed by atoms with E-state index in [0.717, 1.165) is 55.6 Å². The van der Waals surface area contributed by atoms with E-state index in [1.54, 1.807) is 0 Å². The predicted octanol–water partition coefficient (Wildman–Crippen LogP) is 2.62. The lowest BCUT2D eigenvalue weighted by atomic mass is 9.90.